The summed E-state index contributed by atoms with van der Waals surface area (Å²) in [5.74, 6) is 0. The fourth-order valence-electron chi connectivity index (χ4n) is 0. The summed E-state index contributed by atoms with van der Waals surface area (Å²) in [4.78, 5) is 0. The van der Waals surface area contributed by atoms with E-state index in [-0.39, 0.29) is 0 Å². The molecule has 0 nitrogen and oxygen atoms in total. The van der Waals surface area contributed by atoms with Crippen LogP contribution in [0.25, 0.3) is 0 Å². The summed E-state index contributed by atoms with van der Waals surface area (Å²) in [5, 5.41) is 0. The van der Waals surface area contributed by atoms with E-state index in [1.807, 2.05) is 27.7 Å². The summed E-state index contributed by atoms with van der Waals surface area (Å²) in [6, 6.07) is 0. The van der Waals surface area contributed by atoms with Crippen LogP contribution in [0, 0.1) is 12.8 Å². The zero-order chi connectivity index (χ0) is 8.71. The Morgan fingerprint density at radius 1 is 0.778 bits per heavy atom. The summed E-state index contributed by atoms with van der Waals surface area (Å²) in [6.07, 6.45) is 9.25. The molecule has 0 N–H and O–H groups in total. The molecule has 0 aliphatic rings. The third-order valence-corrected chi connectivity index (χ3v) is 0. The Bertz CT molecular complexity index is 11.2. The summed E-state index contributed by atoms with van der Waals surface area (Å²) >= 11 is 0. The number of hydrogen-bond acceptors (Lipinski definition) is 0. The Hall–Kier alpha value is -0.440. The molecule has 0 radical (unpaired) electrons. The highest BCUT2D eigenvalue weighted by molar-refractivity contribution is 4.47. The second-order valence-electron chi connectivity index (χ2n) is 0.707. The minimum Gasteiger partial charge on any atom is -0.124 e. The number of terminal acetylenes is 1. The molecule has 0 unspecified atom stereocenters. The van der Waals surface area contributed by atoms with E-state index in [0.29, 0.717) is 0 Å². The van der Waals surface area contributed by atoms with Crippen LogP contribution in [0.3, 0.4) is 0 Å². The lowest BCUT2D eigenvalue weighted by atomic mass is 10.6. The van der Waals surface area contributed by atoms with Gasteiger partial charge in [0, 0.05) is 0 Å². The molecule has 58 valence electrons. The van der Waals surface area contributed by atoms with Gasteiger partial charge in [-0.2, -0.15) is 0 Å². The molecule has 0 saturated heterocycles. The van der Waals surface area contributed by atoms with Crippen LogP contribution in [-0.4, -0.2) is 0 Å². The molecule has 0 saturated carbocycles. The largest absolute Gasteiger partial charge is 0.124 e. The molecular formula is C9H22. The molecular weight excluding hydrogens is 108 g/mol. The van der Waals surface area contributed by atoms with Crippen molar-refractivity contribution < 1.29 is 0 Å². The maximum atomic E-state index is 4.00. The molecule has 0 aromatic rings. The Kier molecular flexibility index (Phi) is 2710. The van der Waals surface area contributed by atoms with Crippen LogP contribution in [0.1, 0.15) is 48.0 Å². The van der Waals surface area contributed by atoms with Crippen LogP contribution >= 0.6 is 0 Å². The minimum absolute atomic E-state index is 1.25. The highest BCUT2D eigenvalue weighted by atomic mass is 13.4. The molecule has 0 atom stereocenters. The summed E-state index contributed by atoms with van der Waals surface area (Å²) < 4.78 is 0. The summed E-state index contributed by atoms with van der Waals surface area (Å²) in [5.41, 5.74) is 0. The predicted molar refractivity (Wildman–Crippen MR) is 48.6 cm³/mol. The van der Waals surface area contributed by atoms with Crippen molar-refractivity contribution in [2.45, 2.75) is 48.0 Å². The van der Waals surface area contributed by atoms with E-state index in [2.05, 4.69) is 26.7 Å². The van der Waals surface area contributed by atoms with Crippen molar-refractivity contribution in [3.63, 3.8) is 0 Å². The van der Waals surface area contributed by atoms with E-state index >= 15 is 0 Å². The lowest BCUT2D eigenvalue weighted by Crippen LogP contribution is -1.27. The third-order valence-electron chi connectivity index (χ3n) is 0. The molecule has 0 fully saturated rings. The Morgan fingerprint density at radius 3 is 0.778 bits per heavy atom. The van der Waals surface area contributed by atoms with Gasteiger partial charge in [0.15, 0.2) is 0 Å². The van der Waals surface area contributed by atoms with Crippen LogP contribution in [0.2, 0.25) is 0 Å². The fourth-order valence-corrected chi connectivity index (χ4v) is 0. The first kappa shape index (κ1) is 23.5. The Balaban J connectivity index is -0.0000000190. The van der Waals surface area contributed by atoms with Gasteiger partial charge in [0.2, 0.25) is 0 Å². The smallest absolute Gasteiger partial charge is 0.0590 e. The van der Waals surface area contributed by atoms with Gasteiger partial charge in [0.05, 0.1) is 0 Å². The highest BCUT2D eigenvalue weighted by Crippen LogP contribution is 1.56. The first-order valence-electron chi connectivity index (χ1n) is 3.75. The molecule has 0 rings (SSSR count). The van der Waals surface area contributed by atoms with Crippen LogP contribution in [0.5, 0.6) is 0 Å². The van der Waals surface area contributed by atoms with Crippen LogP contribution in [0.15, 0.2) is 0 Å². The van der Waals surface area contributed by atoms with Gasteiger partial charge >= 0.3 is 0 Å². The molecule has 0 spiro atoms. The fraction of sp³-hybridized carbons (Fsp3) is 0.778. The highest BCUT2D eigenvalue weighted by Gasteiger charge is 1.35. The second-order valence-corrected chi connectivity index (χ2v) is 0.707. The van der Waals surface area contributed by atoms with Gasteiger partial charge in [0.25, 0.3) is 0 Å². The van der Waals surface area contributed by atoms with Crippen molar-refractivity contribution in [1.29, 1.82) is 0 Å². The average molecular weight is 130 g/mol. The SMILES string of the molecule is C#C.CC.CC.CCC. The normalized spacial score (nSPS) is 3.56. The molecule has 0 heterocycles. The van der Waals surface area contributed by atoms with Gasteiger partial charge < -0.3 is 0 Å². The van der Waals surface area contributed by atoms with E-state index in [9.17, 15) is 0 Å². The zero-order valence-corrected chi connectivity index (χ0v) is 7.86. The standard InChI is InChI=1S/C3H8.2C2H6.C2H2/c1-3-2;3*1-2/h3H2,1-2H3;2*1-2H3;1-2H. The van der Waals surface area contributed by atoms with Gasteiger partial charge in [-0.1, -0.05) is 48.0 Å². The average Bonchev–Trinajstić information content (AvgIpc) is 2.01. The summed E-state index contributed by atoms with van der Waals surface area (Å²) in [7, 11) is 0. The Labute approximate surface area is 61.7 Å². The van der Waals surface area contributed by atoms with Crippen molar-refractivity contribution in [3.05, 3.63) is 0 Å². The van der Waals surface area contributed by atoms with Crippen molar-refractivity contribution >= 4 is 0 Å². The first-order chi connectivity index (χ1) is 4.41. The molecule has 0 bridgehead atoms. The van der Waals surface area contributed by atoms with Crippen molar-refractivity contribution in [2.75, 3.05) is 0 Å². The van der Waals surface area contributed by atoms with Gasteiger partial charge in [0.1, 0.15) is 0 Å². The van der Waals surface area contributed by atoms with E-state index in [0.717, 1.165) is 0 Å². The number of rotatable bonds is 0. The molecule has 9 heavy (non-hydrogen) atoms. The zero-order valence-electron chi connectivity index (χ0n) is 7.86. The van der Waals surface area contributed by atoms with E-state index in [4.69, 9.17) is 0 Å². The second kappa shape index (κ2) is 1040. The van der Waals surface area contributed by atoms with E-state index in [1.165, 1.54) is 6.42 Å². The third kappa shape index (κ3) is 1210. The van der Waals surface area contributed by atoms with Crippen molar-refractivity contribution in [2.24, 2.45) is 0 Å². The predicted octanol–water partition coefficient (Wildman–Crippen LogP) is 3.72. The van der Waals surface area contributed by atoms with Gasteiger partial charge in [-0.15, -0.1) is 12.8 Å². The maximum absolute atomic E-state index is 4.00. The molecule has 0 amide bonds. The molecule has 0 aliphatic heterocycles. The quantitative estimate of drug-likeness (QED) is 0.438. The maximum Gasteiger partial charge on any atom is -0.0590 e. The molecule has 0 aliphatic carbocycles. The monoisotopic (exact) mass is 130 g/mol. The molecule has 0 aromatic carbocycles. The topological polar surface area (TPSA) is 0 Å². The van der Waals surface area contributed by atoms with Crippen molar-refractivity contribution in [1.82, 2.24) is 0 Å². The lowest BCUT2D eigenvalue weighted by Gasteiger charge is -1.48. The molecule has 0 aromatic heterocycles. The Morgan fingerprint density at radius 2 is 0.778 bits per heavy atom. The van der Waals surface area contributed by atoms with Gasteiger partial charge in [-0.25, -0.2) is 0 Å². The lowest BCUT2D eigenvalue weighted by molar-refractivity contribution is 1.09. The van der Waals surface area contributed by atoms with Crippen LogP contribution in [-0.2, 0) is 0 Å². The van der Waals surface area contributed by atoms with E-state index in [1.54, 1.807) is 0 Å². The van der Waals surface area contributed by atoms with Gasteiger partial charge in [-0.05, 0) is 0 Å². The summed E-state index contributed by atoms with van der Waals surface area (Å²) in [6.45, 7) is 12.2. The van der Waals surface area contributed by atoms with Crippen LogP contribution in [0.4, 0.5) is 0 Å². The minimum atomic E-state index is 1.25. The van der Waals surface area contributed by atoms with Crippen LogP contribution < -0.4 is 0 Å². The van der Waals surface area contributed by atoms with E-state index < -0.39 is 0 Å². The number of hydrogen-bond donors (Lipinski definition) is 0. The van der Waals surface area contributed by atoms with Gasteiger partial charge in [-0.3, -0.25) is 0 Å². The first-order valence-corrected chi connectivity index (χ1v) is 3.75. The van der Waals surface area contributed by atoms with Crippen molar-refractivity contribution in [3.8, 4) is 12.8 Å². The molecule has 0 heteroatoms.